The van der Waals surface area contributed by atoms with Crippen molar-refractivity contribution in [3.8, 4) is 11.5 Å². The molecule has 0 atom stereocenters. The summed E-state index contributed by atoms with van der Waals surface area (Å²) in [6, 6.07) is 3.84. The van der Waals surface area contributed by atoms with Crippen LogP contribution < -0.4 is 14.8 Å². The van der Waals surface area contributed by atoms with E-state index in [9.17, 15) is 0 Å². The summed E-state index contributed by atoms with van der Waals surface area (Å²) in [5.74, 6) is 3.08. The maximum atomic E-state index is 6.46. The molecule has 1 aromatic carbocycles. The molecule has 21 heavy (non-hydrogen) atoms. The van der Waals surface area contributed by atoms with Gasteiger partial charge in [-0.25, -0.2) is 0 Å². The van der Waals surface area contributed by atoms with E-state index in [-0.39, 0.29) is 0 Å². The molecule has 0 spiro atoms. The van der Waals surface area contributed by atoms with Gasteiger partial charge in [-0.15, -0.1) is 0 Å². The number of hydrogen-bond donors (Lipinski definition) is 1. The van der Waals surface area contributed by atoms with Crippen LogP contribution in [-0.2, 0) is 6.42 Å². The van der Waals surface area contributed by atoms with E-state index in [1.54, 1.807) is 7.11 Å². The Labute approximate surface area is 132 Å². The highest BCUT2D eigenvalue weighted by Crippen LogP contribution is 2.40. The fraction of sp³-hybridized carbons (Fsp3) is 0.647. The SMILES string of the molecule is COc1ccc(Cl)c(CC2CCNCC2)c1OCC1CC1. The molecule has 1 aliphatic heterocycles. The highest BCUT2D eigenvalue weighted by Gasteiger charge is 2.25. The van der Waals surface area contributed by atoms with E-state index < -0.39 is 0 Å². The summed E-state index contributed by atoms with van der Waals surface area (Å²) in [7, 11) is 1.70. The Bertz CT molecular complexity index is 482. The highest BCUT2D eigenvalue weighted by atomic mass is 35.5. The topological polar surface area (TPSA) is 30.5 Å². The lowest BCUT2D eigenvalue weighted by molar-refractivity contribution is 0.274. The smallest absolute Gasteiger partial charge is 0.165 e. The lowest BCUT2D eigenvalue weighted by Gasteiger charge is -2.24. The Morgan fingerprint density at radius 2 is 1.90 bits per heavy atom. The minimum absolute atomic E-state index is 0.680. The quantitative estimate of drug-likeness (QED) is 0.869. The molecule has 2 aliphatic rings. The second-order valence-corrected chi connectivity index (χ2v) is 6.62. The minimum atomic E-state index is 0.680. The molecule has 0 unspecified atom stereocenters. The summed E-state index contributed by atoms with van der Waals surface area (Å²) in [5, 5.41) is 4.22. The first-order chi connectivity index (χ1) is 10.3. The van der Waals surface area contributed by atoms with Gasteiger partial charge in [-0.2, -0.15) is 0 Å². The minimum Gasteiger partial charge on any atom is -0.493 e. The van der Waals surface area contributed by atoms with E-state index in [4.69, 9.17) is 21.1 Å². The second-order valence-electron chi connectivity index (χ2n) is 6.21. The molecule has 1 N–H and O–H groups in total. The van der Waals surface area contributed by atoms with E-state index >= 15 is 0 Å². The maximum Gasteiger partial charge on any atom is 0.165 e. The average molecular weight is 310 g/mol. The number of methoxy groups -OCH3 is 1. The highest BCUT2D eigenvalue weighted by molar-refractivity contribution is 6.31. The van der Waals surface area contributed by atoms with Gasteiger partial charge < -0.3 is 14.8 Å². The van der Waals surface area contributed by atoms with Crippen LogP contribution in [-0.4, -0.2) is 26.8 Å². The zero-order chi connectivity index (χ0) is 14.7. The van der Waals surface area contributed by atoms with Crippen molar-refractivity contribution in [1.82, 2.24) is 5.32 Å². The van der Waals surface area contributed by atoms with Crippen LogP contribution in [0, 0.1) is 11.8 Å². The van der Waals surface area contributed by atoms with Crippen molar-refractivity contribution in [3.05, 3.63) is 22.7 Å². The van der Waals surface area contributed by atoms with E-state index in [0.717, 1.165) is 54.1 Å². The molecular weight excluding hydrogens is 286 g/mol. The van der Waals surface area contributed by atoms with Gasteiger partial charge in [-0.1, -0.05) is 11.6 Å². The summed E-state index contributed by atoms with van der Waals surface area (Å²) in [6.07, 6.45) is 5.96. The Balaban J connectivity index is 1.80. The molecule has 1 saturated carbocycles. The van der Waals surface area contributed by atoms with Crippen molar-refractivity contribution in [2.75, 3.05) is 26.8 Å². The molecule has 1 heterocycles. The van der Waals surface area contributed by atoms with E-state index in [2.05, 4.69) is 5.32 Å². The molecule has 2 fully saturated rings. The number of rotatable bonds is 6. The first-order valence-corrected chi connectivity index (χ1v) is 8.34. The van der Waals surface area contributed by atoms with Crippen molar-refractivity contribution >= 4 is 11.6 Å². The zero-order valence-electron chi connectivity index (χ0n) is 12.7. The van der Waals surface area contributed by atoms with Gasteiger partial charge in [-0.05, 0) is 69.2 Å². The summed E-state index contributed by atoms with van der Waals surface area (Å²) in [5.41, 5.74) is 1.13. The van der Waals surface area contributed by atoms with E-state index in [1.165, 1.54) is 25.7 Å². The fourth-order valence-electron chi connectivity index (χ4n) is 2.95. The van der Waals surface area contributed by atoms with Gasteiger partial charge >= 0.3 is 0 Å². The Hall–Kier alpha value is -0.930. The van der Waals surface area contributed by atoms with Gasteiger partial charge in [0.2, 0.25) is 0 Å². The van der Waals surface area contributed by atoms with Crippen LogP contribution in [0.5, 0.6) is 11.5 Å². The van der Waals surface area contributed by atoms with Gasteiger partial charge in [0.1, 0.15) is 0 Å². The summed E-state index contributed by atoms with van der Waals surface area (Å²) < 4.78 is 11.6. The van der Waals surface area contributed by atoms with Gasteiger partial charge in [-0.3, -0.25) is 0 Å². The van der Waals surface area contributed by atoms with Crippen LogP contribution in [0.25, 0.3) is 0 Å². The molecule has 1 aromatic rings. The average Bonchev–Trinajstić information content (AvgIpc) is 3.33. The summed E-state index contributed by atoms with van der Waals surface area (Å²) in [6.45, 7) is 2.99. The van der Waals surface area contributed by atoms with Crippen LogP contribution in [0.1, 0.15) is 31.2 Å². The van der Waals surface area contributed by atoms with Crippen LogP contribution in [0.15, 0.2) is 12.1 Å². The fourth-order valence-corrected chi connectivity index (χ4v) is 3.18. The third-order valence-electron chi connectivity index (χ3n) is 4.50. The van der Waals surface area contributed by atoms with Crippen molar-refractivity contribution < 1.29 is 9.47 Å². The van der Waals surface area contributed by atoms with Crippen molar-refractivity contribution in [2.45, 2.75) is 32.1 Å². The molecule has 0 amide bonds. The summed E-state index contributed by atoms with van der Waals surface area (Å²) >= 11 is 6.46. The van der Waals surface area contributed by atoms with E-state index in [0.29, 0.717) is 5.92 Å². The number of halogens is 1. The van der Waals surface area contributed by atoms with Crippen LogP contribution in [0.3, 0.4) is 0 Å². The molecule has 116 valence electrons. The van der Waals surface area contributed by atoms with Crippen LogP contribution in [0.4, 0.5) is 0 Å². The molecule has 1 saturated heterocycles. The number of nitrogens with one attached hydrogen (secondary N) is 1. The Kier molecular flexibility index (Phi) is 4.91. The first kappa shape index (κ1) is 15.0. The van der Waals surface area contributed by atoms with Gasteiger partial charge in [0.25, 0.3) is 0 Å². The third kappa shape index (κ3) is 3.83. The number of piperidine rings is 1. The number of hydrogen-bond acceptors (Lipinski definition) is 3. The standard InChI is InChI=1S/C17H24ClNO2/c1-20-16-5-4-15(18)14(10-12-6-8-19-9-7-12)17(16)21-11-13-2-3-13/h4-5,12-13,19H,2-3,6-11H2,1H3. The third-order valence-corrected chi connectivity index (χ3v) is 4.85. The first-order valence-electron chi connectivity index (χ1n) is 7.96. The molecule has 0 radical (unpaired) electrons. The monoisotopic (exact) mass is 309 g/mol. The number of benzene rings is 1. The largest absolute Gasteiger partial charge is 0.493 e. The van der Waals surface area contributed by atoms with E-state index in [1.807, 2.05) is 12.1 Å². The van der Waals surface area contributed by atoms with Gasteiger partial charge in [0, 0.05) is 10.6 Å². The normalized spacial score (nSPS) is 19.5. The molecule has 3 nitrogen and oxygen atoms in total. The van der Waals surface area contributed by atoms with Gasteiger partial charge in [0.05, 0.1) is 13.7 Å². The molecule has 1 aliphatic carbocycles. The van der Waals surface area contributed by atoms with Crippen molar-refractivity contribution in [2.24, 2.45) is 11.8 Å². The Morgan fingerprint density at radius 3 is 2.57 bits per heavy atom. The van der Waals surface area contributed by atoms with Gasteiger partial charge in [0.15, 0.2) is 11.5 Å². The van der Waals surface area contributed by atoms with Crippen LogP contribution in [0.2, 0.25) is 5.02 Å². The molecule has 0 bridgehead atoms. The molecular formula is C17H24ClNO2. The second kappa shape index (κ2) is 6.89. The predicted molar refractivity (Wildman–Crippen MR) is 85.5 cm³/mol. The molecule has 4 heteroatoms. The molecule has 3 rings (SSSR count). The zero-order valence-corrected chi connectivity index (χ0v) is 13.4. The lowest BCUT2D eigenvalue weighted by atomic mass is 9.90. The lowest BCUT2D eigenvalue weighted by Crippen LogP contribution is -2.28. The molecule has 0 aromatic heterocycles. The predicted octanol–water partition coefficient (Wildman–Crippen LogP) is 3.68. The summed E-state index contributed by atoms with van der Waals surface area (Å²) in [4.78, 5) is 0. The number of ether oxygens (including phenoxy) is 2. The van der Waals surface area contributed by atoms with Crippen LogP contribution >= 0.6 is 11.6 Å². The van der Waals surface area contributed by atoms with Crippen molar-refractivity contribution in [1.29, 1.82) is 0 Å². The Morgan fingerprint density at radius 1 is 1.14 bits per heavy atom. The maximum absolute atomic E-state index is 6.46. The van der Waals surface area contributed by atoms with Crippen molar-refractivity contribution in [3.63, 3.8) is 0 Å².